The van der Waals surface area contributed by atoms with E-state index < -0.39 is 41.2 Å². The van der Waals surface area contributed by atoms with Crippen LogP contribution in [-0.4, -0.2) is 98.9 Å². The Kier molecular flexibility index (Phi) is 6.67. The predicted molar refractivity (Wildman–Crippen MR) is 110 cm³/mol. The van der Waals surface area contributed by atoms with Crippen molar-refractivity contribution in [1.29, 1.82) is 0 Å². The number of aryl methyl sites for hydroxylation is 1. The third kappa shape index (κ3) is 4.58. The first-order valence-electron chi connectivity index (χ1n) is 10.2. The fraction of sp³-hybridized carbons (Fsp3) is 0.579. The second kappa shape index (κ2) is 9.49. The van der Waals surface area contributed by atoms with Crippen LogP contribution >= 0.6 is 11.8 Å². The molecule has 2 fully saturated rings. The van der Waals surface area contributed by atoms with Crippen molar-refractivity contribution in [3.8, 4) is 0 Å². The molecule has 0 aromatic carbocycles. The van der Waals surface area contributed by atoms with Gasteiger partial charge in [0.2, 0.25) is 5.91 Å². The molecule has 3 aliphatic heterocycles. The molecule has 4 rings (SSSR count). The van der Waals surface area contributed by atoms with E-state index in [4.69, 9.17) is 14.0 Å². The number of carboxylic acid groups (broad SMARTS) is 1. The molecule has 2 N–H and O–H groups in total. The maximum absolute atomic E-state index is 13.2. The molecule has 0 saturated carbocycles. The Hall–Kier alpha value is -2.97. The van der Waals surface area contributed by atoms with Crippen LogP contribution in [0.2, 0.25) is 0 Å². The number of carbonyl (C=O) groups is 4. The van der Waals surface area contributed by atoms with Gasteiger partial charge in [0, 0.05) is 31.3 Å². The van der Waals surface area contributed by atoms with E-state index >= 15 is 0 Å². The third-order valence-electron chi connectivity index (χ3n) is 5.43. The summed E-state index contributed by atoms with van der Waals surface area (Å²) >= 11 is 1.29. The zero-order valence-electron chi connectivity index (χ0n) is 18.0. The number of amides is 2. The van der Waals surface area contributed by atoms with E-state index in [1.54, 1.807) is 6.92 Å². The number of ether oxygens (including phenoxy) is 2. The highest BCUT2D eigenvalue weighted by molar-refractivity contribution is 8.00. The zero-order chi connectivity index (χ0) is 23.7. The highest BCUT2D eigenvalue weighted by Crippen LogP contribution is 2.40. The standard InChI is InChI=1S/C19H23N5O8S/c1-9-20-16(32-22-9)14(23-3-5-30-6-4-23)15(26)21-12-17(27)24-13(19(28)29)11(7-31-10(2)25)8-33-18(12)24/h12,14,18H,3-8H2,1-2H3,(H,21,26)(H,28,29)/t12?,14?,18-/m0/s1. The van der Waals surface area contributed by atoms with Gasteiger partial charge in [0.25, 0.3) is 11.8 Å². The lowest BCUT2D eigenvalue weighted by molar-refractivity contribution is -0.152. The fourth-order valence-corrected chi connectivity index (χ4v) is 5.24. The highest BCUT2D eigenvalue weighted by Gasteiger charge is 2.55. The number of esters is 1. The van der Waals surface area contributed by atoms with Crippen LogP contribution in [0.4, 0.5) is 0 Å². The topological polar surface area (TPSA) is 164 Å². The molecular formula is C19H23N5O8S. The predicted octanol–water partition coefficient (Wildman–Crippen LogP) is -0.947. The summed E-state index contributed by atoms with van der Waals surface area (Å²) in [5.41, 5.74) is 0.109. The van der Waals surface area contributed by atoms with Crippen molar-refractivity contribution in [2.45, 2.75) is 31.3 Å². The second-order valence-electron chi connectivity index (χ2n) is 7.66. The molecule has 2 amide bonds. The van der Waals surface area contributed by atoms with Gasteiger partial charge in [-0.15, -0.1) is 11.8 Å². The molecule has 178 valence electrons. The van der Waals surface area contributed by atoms with Crippen molar-refractivity contribution >= 4 is 35.5 Å². The van der Waals surface area contributed by atoms with Crippen molar-refractivity contribution in [1.82, 2.24) is 25.3 Å². The minimum atomic E-state index is -1.30. The normalized spacial score (nSPS) is 24.1. The quantitative estimate of drug-likeness (QED) is 0.363. The molecule has 13 nitrogen and oxygen atoms in total. The van der Waals surface area contributed by atoms with Crippen molar-refractivity contribution < 1.29 is 38.3 Å². The summed E-state index contributed by atoms with van der Waals surface area (Å²) in [4.78, 5) is 56.2. The number of carboxylic acids is 1. The average Bonchev–Trinajstić information content (AvgIpc) is 3.21. The Morgan fingerprint density at radius 2 is 2.06 bits per heavy atom. The lowest BCUT2D eigenvalue weighted by atomic mass is 10.0. The lowest BCUT2D eigenvalue weighted by Crippen LogP contribution is -2.71. The van der Waals surface area contributed by atoms with Crippen LogP contribution < -0.4 is 5.32 Å². The molecule has 3 atom stereocenters. The van der Waals surface area contributed by atoms with E-state index in [0.29, 0.717) is 37.7 Å². The van der Waals surface area contributed by atoms with Gasteiger partial charge >= 0.3 is 11.9 Å². The summed E-state index contributed by atoms with van der Waals surface area (Å²) in [6.45, 7) is 4.44. The molecule has 3 aliphatic rings. The number of aromatic nitrogens is 2. The van der Waals surface area contributed by atoms with Crippen LogP contribution in [0.15, 0.2) is 15.8 Å². The van der Waals surface area contributed by atoms with E-state index in [-0.39, 0.29) is 23.9 Å². The van der Waals surface area contributed by atoms with Crippen molar-refractivity contribution in [2.24, 2.45) is 0 Å². The van der Waals surface area contributed by atoms with Crippen LogP contribution in [-0.2, 0) is 28.7 Å². The zero-order valence-corrected chi connectivity index (χ0v) is 18.8. The highest BCUT2D eigenvalue weighted by atomic mass is 32.2. The van der Waals surface area contributed by atoms with E-state index in [1.165, 1.54) is 18.7 Å². The van der Waals surface area contributed by atoms with Crippen LogP contribution in [0.3, 0.4) is 0 Å². The van der Waals surface area contributed by atoms with Gasteiger partial charge in [-0.2, -0.15) is 4.98 Å². The number of β-lactam (4-membered cyclic amide) rings is 1. The number of thioether (sulfide) groups is 1. The Morgan fingerprint density at radius 3 is 2.67 bits per heavy atom. The summed E-state index contributed by atoms with van der Waals surface area (Å²) in [7, 11) is 0. The van der Waals surface area contributed by atoms with Gasteiger partial charge in [-0.3, -0.25) is 24.2 Å². The molecule has 2 unspecified atom stereocenters. The molecule has 1 aromatic heterocycles. The first kappa shape index (κ1) is 23.2. The minimum absolute atomic E-state index is 0.113. The molecule has 0 radical (unpaired) electrons. The third-order valence-corrected chi connectivity index (χ3v) is 6.77. The van der Waals surface area contributed by atoms with Crippen molar-refractivity contribution in [2.75, 3.05) is 38.7 Å². The van der Waals surface area contributed by atoms with Crippen LogP contribution in [0.25, 0.3) is 0 Å². The average molecular weight is 481 g/mol. The number of nitrogens with zero attached hydrogens (tertiary/aromatic N) is 4. The van der Waals surface area contributed by atoms with Gasteiger partial charge in [0.05, 0.1) is 13.2 Å². The number of hydrogen-bond acceptors (Lipinski definition) is 11. The number of carbonyl (C=O) groups excluding carboxylic acids is 3. The molecule has 0 aliphatic carbocycles. The van der Waals surface area contributed by atoms with Crippen molar-refractivity contribution in [3.05, 3.63) is 23.0 Å². The Labute approximate surface area is 192 Å². The van der Waals surface area contributed by atoms with Crippen LogP contribution in [0, 0.1) is 6.92 Å². The molecule has 1 aromatic rings. The van der Waals surface area contributed by atoms with Gasteiger partial charge < -0.3 is 24.4 Å². The van der Waals surface area contributed by atoms with E-state index in [1.807, 2.05) is 4.90 Å². The Bertz CT molecular complexity index is 1000. The number of morpholine rings is 1. The van der Waals surface area contributed by atoms with Crippen LogP contribution in [0.1, 0.15) is 24.7 Å². The summed E-state index contributed by atoms with van der Waals surface area (Å²) < 4.78 is 15.5. The number of fused-ring (bicyclic) bond motifs is 1. The fourth-order valence-electron chi connectivity index (χ4n) is 3.91. The summed E-state index contributed by atoms with van der Waals surface area (Å²) in [5, 5.41) is 15.6. The Morgan fingerprint density at radius 1 is 1.33 bits per heavy atom. The molecule has 0 spiro atoms. The van der Waals surface area contributed by atoms with Gasteiger partial charge in [0.1, 0.15) is 23.7 Å². The van der Waals surface area contributed by atoms with Gasteiger partial charge in [0.15, 0.2) is 11.9 Å². The van der Waals surface area contributed by atoms with E-state index in [9.17, 15) is 24.3 Å². The van der Waals surface area contributed by atoms with Gasteiger partial charge in [-0.05, 0) is 6.92 Å². The number of aliphatic carboxylic acids is 1. The number of rotatable bonds is 7. The SMILES string of the molecule is CC(=O)OCC1=C(C(=O)O)N2C(=O)C(NC(=O)C(c3nc(C)no3)N3CCOCC3)[C@@H]2SC1. The maximum atomic E-state index is 13.2. The smallest absolute Gasteiger partial charge is 0.352 e. The minimum Gasteiger partial charge on any atom is -0.477 e. The summed E-state index contributed by atoms with van der Waals surface area (Å²) in [6.07, 6.45) is 0. The molecule has 0 bridgehead atoms. The first-order chi connectivity index (χ1) is 15.8. The molecule has 2 saturated heterocycles. The largest absolute Gasteiger partial charge is 0.477 e. The molecular weight excluding hydrogens is 458 g/mol. The van der Waals surface area contributed by atoms with Gasteiger partial charge in [-0.25, -0.2) is 4.79 Å². The maximum Gasteiger partial charge on any atom is 0.352 e. The van der Waals surface area contributed by atoms with E-state index in [2.05, 4.69) is 15.5 Å². The molecule has 33 heavy (non-hydrogen) atoms. The van der Waals surface area contributed by atoms with Crippen molar-refractivity contribution in [3.63, 3.8) is 0 Å². The number of hydrogen-bond donors (Lipinski definition) is 2. The molecule has 14 heteroatoms. The Balaban J connectivity index is 1.51. The lowest BCUT2D eigenvalue weighted by Gasteiger charge is -2.49. The molecule has 4 heterocycles. The first-order valence-corrected chi connectivity index (χ1v) is 11.3. The van der Waals surface area contributed by atoms with Crippen LogP contribution in [0.5, 0.6) is 0 Å². The van der Waals surface area contributed by atoms with Gasteiger partial charge in [-0.1, -0.05) is 5.16 Å². The monoisotopic (exact) mass is 481 g/mol. The summed E-state index contributed by atoms with van der Waals surface area (Å²) in [5.74, 6) is -2.17. The summed E-state index contributed by atoms with van der Waals surface area (Å²) in [6, 6.07) is -1.82. The van der Waals surface area contributed by atoms with E-state index in [0.717, 1.165) is 4.90 Å². The second-order valence-corrected chi connectivity index (χ2v) is 8.77. The number of nitrogens with one attached hydrogen (secondary N) is 1.